The van der Waals surface area contributed by atoms with Gasteiger partial charge in [0.25, 0.3) is 0 Å². The van der Waals surface area contributed by atoms with Crippen molar-refractivity contribution in [2.24, 2.45) is 0 Å². The molecule has 0 bridgehead atoms. The molecule has 0 N–H and O–H groups in total. The lowest BCUT2D eigenvalue weighted by atomic mass is 10.0. The number of nitrogens with zero attached hydrogens (tertiary/aromatic N) is 3. The summed E-state index contributed by atoms with van der Waals surface area (Å²) in [5.74, 6) is 0. The highest BCUT2D eigenvalue weighted by Crippen LogP contribution is 2.32. The molecule has 2 aromatic heterocycles. The fourth-order valence-electron chi connectivity index (χ4n) is 4.65. The van der Waals surface area contributed by atoms with E-state index in [0.29, 0.717) is 0 Å². The highest BCUT2D eigenvalue weighted by atomic mass is 35.5. The lowest BCUT2D eigenvalue weighted by Crippen LogP contribution is -2.30. The van der Waals surface area contributed by atoms with Crippen LogP contribution in [0.25, 0.3) is 10.9 Å². The molecule has 0 atom stereocenters. The number of halogens is 2. The molecular formula is C26H29Cl2N3. The average Bonchev–Trinajstić information content (AvgIpc) is 3.06. The van der Waals surface area contributed by atoms with Crippen molar-refractivity contribution < 1.29 is 0 Å². The Balaban J connectivity index is 0.00000136. The van der Waals surface area contributed by atoms with Crippen molar-refractivity contribution >= 4 is 35.7 Å². The van der Waals surface area contributed by atoms with Crippen LogP contribution in [-0.4, -0.2) is 21.0 Å². The van der Waals surface area contributed by atoms with Crippen LogP contribution in [0.3, 0.4) is 0 Å². The number of benzene rings is 2. The number of rotatable bonds is 5. The topological polar surface area (TPSA) is 21.1 Å². The first-order chi connectivity index (χ1) is 14.3. The smallest absolute Gasteiger partial charge is 0.0486 e. The SMILES string of the molecule is Cc1ccc2c(c1)c1c(n2CCc2ccccc2)CCN(Cc2cccnc2)C1.Cl.Cl. The predicted molar refractivity (Wildman–Crippen MR) is 133 cm³/mol. The third kappa shape index (κ3) is 4.95. The van der Waals surface area contributed by atoms with Crippen LogP contribution in [0.2, 0.25) is 0 Å². The summed E-state index contributed by atoms with van der Waals surface area (Å²) in [6, 6.07) is 22.0. The molecule has 0 saturated carbocycles. The largest absolute Gasteiger partial charge is 0.344 e. The van der Waals surface area contributed by atoms with Crippen LogP contribution in [0, 0.1) is 6.92 Å². The third-order valence-electron chi connectivity index (χ3n) is 6.08. The van der Waals surface area contributed by atoms with Gasteiger partial charge >= 0.3 is 0 Å². The van der Waals surface area contributed by atoms with E-state index in [1.54, 1.807) is 0 Å². The van der Waals surface area contributed by atoms with E-state index < -0.39 is 0 Å². The first kappa shape index (κ1) is 23.3. The highest BCUT2D eigenvalue weighted by molar-refractivity contribution is 5.86. The van der Waals surface area contributed by atoms with Crippen LogP contribution < -0.4 is 0 Å². The van der Waals surface area contributed by atoms with Crippen molar-refractivity contribution in [1.82, 2.24) is 14.5 Å². The fourth-order valence-corrected chi connectivity index (χ4v) is 4.65. The maximum Gasteiger partial charge on any atom is 0.0486 e. The second-order valence-corrected chi connectivity index (χ2v) is 8.16. The minimum Gasteiger partial charge on any atom is -0.344 e. The molecule has 162 valence electrons. The van der Waals surface area contributed by atoms with Gasteiger partial charge in [-0.2, -0.15) is 0 Å². The highest BCUT2D eigenvalue weighted by Gasteiger charge is 2.24. The molecule has 1 aliphatic rings. The van der Waals surface area contributed by atoms with Gasteiger partial charge < -0.3 is 4.57 Å². The Labute approximate surface area is 196 Å². The molecular weight excluding hydrogens is 425 g/mol. The van der Waals surface area contributed by atoms with Crippen LogP contribution in [-0.2, 0) is 32.5 Å². The molecule has 0 radical (unpaired) electrons. The predicted octanol–water partition coefficient (Wildman–Crippen LogP) is 5.99. The van der Waals surface area contributed by atoms with Crippen LogP contribution in [0.1, 0.15) is 27.9 Å². The summed E-state index contributed by atoms with van der Waals surface area (Å²) in [5.41, 5.74) is 8.48. The molecule has 5 rings (SSSR count). The number of aromatic nitrogens is 2. The summed E-state index contributed by atoms with van der Waals surface area (Å²) in [7, 11) is 0. The van der Waals surface area contributed by atoms with Gasteiger partial charge in [0.15, 0.2) is 0 Å². The molecule has 0 saturated heterocycles. The van der Waals surface area contributed by atoms with Gasteiger partial charge in [-0.1, -0.05) is 48.0 Å². The molecule has 0 aliphatic carbocycles. The van der Waals surface area contributed by atoms with E-state index in [-0.39, 0.29) is 24.8 Å². The van der Waals surface area contributed by atoms with Crippen LogP contribution in [0.15, 0.2) is 73.1 Å². The quantitative estimate of drug-likeness (QED) is 0.369. The van der Waals surface area contributed by atoms with Gasteiger partial charge in [0.05, 0.1) is 0 Å². The summed E-state index contributed by atoms with van der Waals surface area (Å²) < 4.78 is 2.58. The number of hydrogen-bond donors (Lipinski definition) is 0. The summed E-state index contributed by atoms with van der Waals surface area (Å²) in [6.07, 6.45) is 6.02. The van der Waals surface area contributed by atoms with E-state index in [0.717, 1.165) is 39.0 Å². The molecule has 3 nitrogen and oxygen atoms in total. The van der Waals surface area contributed by atoms with Gasteiger partial charge in [-0.3, -0.25) is 9.88 Å². The summed E-state index contributed by atoms with van der Waals surface area (Å²) in [5, 5.41) is 1.43. The van der Waals surface area contributed by atoms with E-state index in [4.69, 9.17) is 0 Å². The molecule has 0 fully saturated rings. The van der Waals surface area contributed by atoms with Gasteiger partial charge in [0.2, 0.25) is 0 Å². The van der Waals surface area contributed by atoms with Gasteiger partial charge in [-0.05, 0) is 48.2 Å². The molecule has 1 aliphatic heterocycles. The molecule has 0 amide bonds. The first-order valence-electron chi connectivity index (χ1n) is 10.5. The van der Waals surface area contributed by atoms with Gasteiger partial charge in [-0.15, -0.1) is 24.8 Å². The van der Waals surface area contributed by atoms with Crippen molar-refractivity contribution in [3.05, 3.63) is 101 Å². The Bertz CT molecular complexity index is 1120. The van der Waals surface area contributed by atoms with Crippen molar-refractivity contribution in [1.29, 1.82) is 0 Å². The average molecular weight is 454 g/mol. The van der Waals surface area contributed by atoms with Gasteiger partial charge in [0, 0.05) is 61.6 Å². The van der Waals surface area contributed by atoms with E-state index in [2.05, 4.69) is 76.0 Å². The molecule has 31 heavy (non-hydrogen) atoms. The van der Waals surface area contributed by atoms with Gasteiger partial charge in [-0.25, -0.2) is 0 Å². The molecule has 0 unspecified atom stereocenters. The molecule has 0 spiro atoms. The molecule has 3 heterocycles. The first-order valence-corrected chi connectivity index (χ1v) is 10.5. The molecule has 5 heteroatoms. The van der Waals surface area contributed by atoms with E-state index in [1.807, 2.05) is 18.5 Å². The maximum atomic E-state index is 4.28. The van der Waals surface area contributed by atoms with E-state index in [9.17, 15) is 0 Å². The monoisotopic (exact) mass is 453 g/mol. The van der Waals surface area contributed by atoms with Crippen molar-refractivity contribution in [3.8, 4) is 0 Å². The third-order valence-corrected chi connectivity index (χ3v) is 6.08. The Hall–Kier alpha value is -2.33. The Kier molecular flexibility index (Phi) is 7.77. The van der Waals surface area contributed by atoms with Crippen molar-refractivity contribution in [3.63, 3.8) is 0 Å². The zero-order valence-corrected chi connectivity index (χ0v) is 19.5. The minimum atomic E-state index is 0. The number of aryl methyl sites for hydroxylation is 3. The number of fused-ring (bicyclic) bond motifs is 3. The fraction of sp³-hybridized carbons (Fsp3) is 0.269. The maximum absolute atomic E-state index is 4.28. The normalized spacial score (nSPS) is 13.3. The zero-order valence-electron chi connectivity index (χ0n) is 17.8. The van der Waals surface area contributed by atoms with Crippen LogP contribution in [0.4, 0.5) is 0 Å². The summed E-state index contributed by atoms with van der Waals surface area (Å²) >= 11 is 0. The Morgan fingerprint density at radius 3 is 2.52 bits per heavy atom. The lowest BCUT2D eigenvalue weighted by Gasteiger charge is -2.28. The molecule has 2 aromatic carbocycles. The van der Waals surface area contributed by atoms with Crippen LogP contribution in [0.5, 0.6) is 0 Å². The van der Waals surface area contributed by atoms with E-state index >= 15 is 0 Å². The second-order valence-electron chi connectivity index (χ2n) is 8.16. The Morgan fingerprint density at radius 2 is 1.74 bits per heavy atom. The van der Waals surface area contributed by atoms with Gasteiger partial charge in [0.1, 0.15) is 0 Å². The minimum absolute atomic E-state index is 0. The summed E-state index contributed by atoms with van der Waals surface area (Å²) in [6.45, 7) is 6.33. The summed E-state index contributed by atoms with van der Waals surface area (Å²) in [4.78, 5) is 6.84. The standard InChI is InChI=1S/C26H27N3.2ClH/c1-20-9-10-25-23(16-20)24-19-28(18-22-8-5-13-27-17-22)14-12-26(24)29(25)15-11-21-6-3-2-4-7-21;;/h2-10,13,16-17H,11-12,14-15,18-19H2,1H3;2*1H. The van der Waals surface area contributed by atoms with Crippen molar-refractivity contribution in [2.75, 3.05) is 6.54 Å². The Morgan fingerprint density at radius 1 is 0.935 bits per heavy atom. The van der Waals surface area contributed by atoms with Crippen LogP contribution >= 0.6 is 24.8 Å². The van der Waals surface area contributed by atoms with Crippen molar-refractivity contribution in [2.45, 2.75) is 39.4 Å². The lowest BCUT2D eigenvalue weighted by molar-refractivity contribution is 0.243. The number of hydrogen-bond acceptors (Lipinski definition) is 2. The molecule has 4 aromatic rings. The number of pyridine rings is 1. The second kappa shape index (κ2) is 10.3. The zero-order chi connectivity index (χ0) is 19.6. The van der Waals surface area contributed by atoms with E-state index in [1.165, 1.54) is 38.9 Å².